The third-order valence-electron chi connectivity index (χ3n) is 3.56. The first kappa shape index (κ1) is 19.5. The lowest BCUT2D eigenvalue weighted by atomic mass is 10.1. The molecule has 1 aromatic rings. The lowest BCUT2D eigenvalue weighted by Crippen LogP contribution is -2.42. The van der Waals surface area contributed by atoms with Crippen molar-refractivity contribution in [1.29, 1.82) is 0 Å². The fourth-order valence-electron chi connectivity index (χ4n) is 2.32. The Balaban J connectivity index is 0.00000264. The Morgan fingerprint density at radius 1 is 1.22 bits per heavy atom. The molecule has 126 valence electrons. The van der Waals surface area contributed by atoms with Gasteiger partial charge in [-0.2, -0.15) is 0 Å². The first-order chi connectivity index (χ1) is 10.7. The zero-order valence-electron chi connectivity index (χ0n) is 13.6. The van der Waals surface area contributed by atoms with Crippen molar-refractivity contribution in [3.05, 3.63) is 47.5 Å². The summed E-state index contributed by atoms with van der Waals surface area (Å²) in [6.07, 6.45) is 6.48. The van der Waals surface area contributed by atoms with E-state index in [9.17, 15) is 4.79 Å². The highest BCUT2D eigenvalue weighted by Gasteiger charge is 2.11. The zero-order valence-corrected chi connectivity index (χ0v) is 16.0. The van der Waals surface area contributed by atoms with Crippen LogP contribution in [0.4, 0.5) is 0 Å². The number of benzene rings is 1. The smallest absolute Gasteiger partial charge is 0.251 e. The Bertz CT molecular complexity index is 546. The lowest BCUT2D eigenvalue weighted by molar-refractivity contribution is 0.0963. The normalized spacial score (nSPS) is 14.3. The second-order valence-electron chi connectivity index (χ2n) is 5.26. The second-order valence-corrected chi connectivity index (χ2v) is 5.26. The van der Waals surface area contributed by atoms with Gasteiger partial charge in [0.1, 0.15) is 0 Å². The third-order valence-corrected chi connectivity index (χ3v) is 3.56. The van der Waals surface area contributed by atoms with Gasteiger partial charge in [0.15, 0.2) is 5.96 Å². The number of aliphatic imine (C=N–C) groups is 1. The summed E-state index contributed by atoms with van der Waals surface area (Å²) in [6.45, 7) is 3.48. The quantitative estimate of drug-likeness (QED) is 0.292. The van der Waals surface area contributed by atoms with Gasteiger partial charge in [0.05, 0.1) is 6.54 Å². The summed E-state index contributed by atoms with van der Waals surface area (Å²) < 4.78 is 0. The van der Waals surface area contributed by atoms with Gasteiger partial charge in [-0.15, -0.1) is 24.0 Å². The molecule has 5 nitrogen and oxygen atoms in total. The van der Waals surface area contributed by atoms with Crippen molar-refractivity contribution in [2.24, 2.45) is 4.99 Å². The molecule has 0 aromatic heterocycles. The van der Waals surface area contributed by atoms with E-state index in [4.69, 9.17) is 0 Å². The van der Waals surface area contributed by atoms with Gasteiger partial charge in [-0.05, 0) is 37.5 Å². The SMILES string of the molecule is CCNC(=NCc1ccc(C(=O)NC)cc1)NC1CC=CC1.I. The van der Waals surface area contributed by atoms with Crippen LogP contribution in [0, 0.1) is 0 Å². The minimum atomic E-state index is -0.0706. The molecule has 1 aliphatic rings. The molecular weight excluding hydrogens is 403 g/mol. The van der Waals surface area contributed by atoms with Crippen LogP contribution < -0.4 is 16.0 Å². The maximum atomic E-state index is 11.5. The largest absolute Gasteiger partial charge is 0.357 e. The summed E-state index contributed by atoms with van der Waals surface area (Å²) in [7, 11) is 1.63. The predicted octanol–water partition coefficient (Wildman–Crippen LogP) is 2.44. The van der Waals surface area contributed by atoms with Crippen molar-refractivity contribution in [3.8, 4) is 0 Å². The molecule has 0 aliphatic heterocycles. The first-order valence-corrected chi connectivity index (χ1v) is 7.73. The summed E-state index contributed by atoms with van der Waals surface area (Å²) in [5, 5.41) is 9.32. The average Bonchev–Trinajstić information content (AvgIpc) is 3.05. The van der Waals surface area contributed by atoms with E-state index in [1.54, 1.807) is 7.05 Å². The second kappa shape index (κ2) is 10.3. The van der Waals surface area contributed by atoms with Gasteiger partial charge in [-0.1, -0.05) is 24.3 Å². The van der Waals surface area contributed by atoms with Crippen molar-refractivity contribution in [1.82, 2.24) is 16.0 Å². The highest BCUT2D eigenvalue weighted by Crippen LogP contribution is 2.09. The van der Waals surface area contributed by atoms with E-state index >= 15 is 0 Å². The van der Waals surface area contributed by atoms with Gasteiger partial charge in [-0.25, -0.2) is 4.99 Å². The first-order valence-electron chi connectivity index (χ1n) is 7.73. The van der Waals surface area contributed by atoms with E-state index in [-0.39, 0.29) is 29.9 Å². The van der Waals surface area contributed by atoms with Crippen LogP contribution in [-0.2, 0) is 6.54 Å². The van der Waals surface area contributed by atoms with Crippen LogP contribution in [0.2, 0.25) is 0 Å². The van der Waals surface area contributed by atoms with Gasteiger partial charge in [-0.3, -0.25) is 4.79 Å². The molecule has 0 radical (unpaired) electrons. The Morgan fingerprint density at radius 3 is 2.43 bits per heavy atom. The van der Waals surface area contributed by atoms with E-state index in [0.29, 0.717) is 18.2 Å². The summed E-state index contributed by atoms with van der Waals surface area (Å²) in [5.74, 6) is 0.769. The average molecular weight is 428 g/mol. The van der Waals surface area contributed by atoms with Crippen molar-refractivity contribution in [3.63, 3.8) is 0 Å². The van der Waals surface area contributed by atoms with E-state index < -0.39 is 0 Å². The fraction of sp³-hybridized carbons (Fsp3) is 0.412. The standard InChI is InChI=1S/C17H24N4O.HI/c1-3-19-17(21-15-6-4-5-7-15)20-12-13-8-10-14(11-9-13)16(22)18-2;/h4-5,8-11,15H,3,6-7,12H2,1-2H3,(H,18,22)(H2,19,20,21);1H. The number of hydrogen-bond donors (Lipinski definition) is 3. The molecule has 0 saturated carbocycles. The van der Waals surface area contributed by atoms with Gasteiger partial charge in [0, 0.05) is 25.2 Å². The third kappa shape index (κ3) is 6.21. The zero-order chi connectivity index (χ0) is 15.8. The number of nitrogens with one attached hydrogen (secondary N) is 3. The monoisotopic (exact) mass is 428 g/mol. The van der Waals surface area contributed by atoms with Crippen LogP contribution in [0.15, 0.2) is 41.4 Å². The summed E-state index contributed by atoms with van der Waals surface area (Å²) in [5.41, 5.74) is 1.74. The molecule has 1 aromatic carbocycles. The Hall–Kier alpha value is -1.57. The summed E-state index contributed by atoms with van der Waals surface area (Å²) >= 11 is 0. The van der Waals surface area contributed by atoms with Crippen molar-refractivity contribution in [2.45, 2.75) is 32.4 Å². The highest BCUT2D eigenvalue weighted by molar-refractivity contribution is 14.0. The molecule has 0 fully saturated rings. The van der Waals surface area contributed by atoms with Gasteiger partial charge < -0.3 is 16.0 Å². The fourth-order valence-corrected chi connectivity index (χ4v) is 2.32. The van der Waals surface area contributed by atoms with Crippen LogP contribution in [0.1, 0.15) is 35.7 Å². The van der Waals surface area contributed by atoms with Gasteiger partial charge in [0.2, 0.25) is 0 Å². The van der Waals surface area contributed by atoms with Crippen molar-refractivity contribution >= 4 is 35.8 Å². The van der Waals surface area contributed by atoms with Crippen LogP contribution >= 0.6 is 24.0 Å². The molecule has 1 amide bonds. The van der Waals surface area contributed by atoms with Gasteiger partial charge in [0.25, 0.3) is 5.91 Å². The molecule has 0 bridgehead atoms. The summed E-state index contributed by atoms with van der Waals surface area (Å²) in [4.78, 5) is 16.1. The van der Waals surface area contributed by atoms with Crippen molar-refractivity contribution < 1.29 is 4.79 Å². The number of halogens is 1. The van der Waals surface area contributed by atoms with E-state index in [2.05, 4.69) is 40.0 Å². The highest BCUT2D eigenvalue weighted by atomic mass is 127. The number of rotatable bonds is 5. The Morgan fingerprint density at radius 2 is 1.87 bits per heavy atom. The minimum absolute atomic E-state index is 0. The molecule has 0 atom stereocenters. The topological polar surface area (TPSA) is 65.5 Å². The van der Waals surface area contributed by atoms with Crippen molar-refractivity contribution in [2.75, 3.05) is 13.6 Å². The van der Waals surface area contributed by atoms with Crippen LogP contribution in [-0.4, -0.2) is 31.5 Å². The van der Waals surface area contributed by atoms with Crippen LogP contribution in [0.3, 0.4) is 0 Å². The minimum Gasteiger partial charge on any atom is -0.357 e. The predicted molar refractivity (Wildman–Crippen MR) is 105 cm³/mol. The van der Waals surface area contributed by atoms with Gasteiger partial charge >= 0.3 is 0 Å². The number of guanidine groups is 1. The van der Waals surface area contributed by atoms with Crippen LogP contribution in [0.5, 0.6) is 0 Å². The molecule has 0 saturated heterocycles. The maximum Gasteiger partial charge on any atom is 0.251 e. The molecule has 0 unspecified atom stereocenters. The maximum absolute atomic E-state index is 11.5. The molecule has 0 heterocycles. The molecular formula is C17H25IN4O. The molecule has 23 heavy (non-hydrogen) atoms. The summed E-state index contributed by atoms with van der Waals surface area (Å²) in [6, 6.07) is 7.97. The number of nitrogens with zero attached hydrogens (tertiary/aromatic N) is 1. The number of carbonyl (C=O) groups excluding carboxylic acids is 1. The number of hydrogen-bond acceptors (Lipinski definition) is 2. The molecule has 0 spiro atoms. The number of amides is 1. The van der Waals surface area contributed by atoms with E-state index in [1.807, 2.05) is 24.3 Å². The molecule has 6 heteroatoms. The Labute approximate surface area is 155 Å². The lowest BCUT2D eigenvalue weighted by Gasteiger charge is -2.16. The van der Waals surface area contributed by atoms with Crippen LogP contribution in [0.25, 0.3) is 0 Å². The molecule has 1 aliphatic carbocycles. The molecule has 3 N–H and O–H groups in total. The van der Waals surface area contributed by atoms with E-state index in [0.717, 1.165) is 30.9 Å². The van der Waals surface area contributed by atoms with E-state index in [1.165, 1.54) is 0 Å². The Kier molecular flexibility index (Phi) is 8.68. The number of carbonyl (C=O) groups is 1. The molecule has 2 rings (SSSR count).